The fraction of sp³-hybridized carbons (Fsp3) is 0.133. The van der Waals surface area contributed by atoms with Crippen molar-refractivity contribution < 1.29 is 18.7 Å². The highest BCUT2D eigenvalue weighted by atomic mass is 19.1. The Balaban J connectivity index is 2.27. The molecule has 0 radical (unpaired) electrons. The van der Waals surface area contributed by atoms with E-state index < -0.39 is 11.7 Å². The van der Waals surface area contributed by atoms with E-state index in [1.165, 1.54) is 19.2 Å². The number of rotatable bonds is 5. The maximum Gasteiger partial charge on any atom is 0.252 e. The number of anilines is 1. The lowest BCUT2D eigenvalue weighted by atomic mass is 10.1. The predicted octanol–water partition coefficient (Wildman–Crippen LogP) is 2.09. The SMILES string of the molecule is COc1cccc(COc2c(N)cccc2C(N)=O)c1F. The van der Waals surface area contributed by atoms with Gasteiger partial charge in [-0.15, -0.1) is 0 Å². The van der Waals surface area contributed by atoms with E-state index in [-0.39, 0.29) is 34.9 Å². The number of hydrogen-bond donors (Lipinski definition) is 2. The third-order valence-corrected chi connectivity index (χ3v) is 2.95. The van der Waals surface area contributed by atoms with Crippen molar-refractivity contribution in [2.75, 3.05) is 12.8 Å². The molecule has 0 saturated carbocycles. The van der Waals surface area contributed by atoms with Gasteiger partial charge in [0.25, 0.3) is 5.91 Å². The molecule has 1 amide bonds. The zero-order chi connectivity index (χ0) is 15.4. The minimum absolute atomic E-state index is 0.0997. The van der Waals surface area contributed by atoms with E-state index >= 15 is 0 Å². The second-order valence-electron chi connectivity index (χ2n) is 4.31. The number of benzene rings is 2. The Morgan fingerprint density at radius 2 is 1.95 bits per heavy atom. The molecule has 0 aliphatic carbocycles. The molecule has 0 saturated heterocycles. The number of para-hydroxylation sites is 1. The second-order valence-corrected chi connectivity index (χ2v) is 4.31. The highest BCUT2D eigenvalue weighted by molar-refractivity contribution is 5.97. The molecule has 0 fully saturated rings. The lowest BCUT2D eigenvalue weighted by Gasteiger charge is -2.13. The van der Waals surface area contributed by atoms with E-state index in [2.05, 4.69) is 0 Å². The van der Waals surface area contributed by atoms with Gasteiger partial charge in [0.15, 0.2) is 17.3 Å². The first kappa shape index (κ1) is 14.6. The monoisotopic (exact) mass is 290 g/mol. The van der Waals surface area contributed by atoms with Crippen LogP contribution in [0, 0.1) is 5.82 Å². The van der Waals surface area contributed by atoms with Gasteiger partial charge in [0, 0.05) is 5.56 Å². The number of nitrogens with two attached hydrogens (primary N) is 2. The van der Waals surface area contributed by atoms with Crippen LogP contribution in [0.1, 0.15) is 15.9 Å². The molecule has 110 valence electrons. The highest BCUT2D eigenvalue weighted by Gasteiger charge is 2.14. The number of methoxy groups -OCH3 is 1. The molecule has 0 aromatic heterocycles. The normalized spacial score (nSPS) is 10.2. The van der Waals surface area contributed by atoms with Gasteiger partial charge in [-0.1, -0.05) is 18.2 Å². The Kier molecular flexibility index (Phi) is 4.27. The van der Waals surface area contributed by atoms with E-state index in [4.69, 9.17) is 20.9 Å². The number of hydrogen-bond acceptors (Lipinski definition) is 4. The molecule has 0 heterocycles. The summed E-state index contributed by atoms with van der Waals surface area (Å²) < 4.78 is 24.4. The fourth-order valence-corrected chi connectivity index (χ4v) is 1.89. The first-order valence-electron chi connectivity index (χ1n) is 6.17. The first-order valence-corrected chi connectivity index (χ1v) is 6.17. The maximum absolute atomic E-state index is 14.0. The first-order chi connectivity index (χ1) is 10.0. The lowest BCUT2D eigenvalue weighted by Crippen LogP contribution is -2.14. The van der Waals surface area contributed by atoms with Gasteiger partial charge in [-0.2, -0.15) is 0 Å². The molecule has 0 spiro atoms. The van der Waals surface area contributed by atoms with Crippen LogP contribution in [0.4, 0.5) is 10.1 Å². The summed E-state index contributed by atoms with van der Waals surface area (Å²) in [6.07, 6.45) is 0. The van der Waals surface area contributed by atoms with Gasteiger partial charge in [0.1, 0.15) is 6.61 Å². The summed E-state index contributed by atoms with van der Waals surface area (Å²) in [5.41, 5.74) is 11.7. The van der Waals surface area contributed by atoms with Crippen molar-refractivity contribution in [3.63, 3.8) is 0 Å². The fourth-order valence-electron chi connectivity index (χ4n) is 1.89. The van der Waals surface area contributed by atoms with Crippen LogP contribution in [0.25, 0.3) is 0 Å². The molecule has 6 heteroatoms. The van der Waals surface area contributed by atoms with Crippen LogP contribution >= 0.6 is 0 Å². The van der Waals surface area contributed by atoms with Crippen molar-refractivity contribution in [3.05, 3.63) is 53.3 Å². The summed E-state index contributed by atoms with van der Waals surface area (Å²) >= 11 is 0. The minimum atomic E-state index is -0.664. The molecule has 2 aromatic rings. The molecular formula is C15H15FN2O3. The molecule has 21 heavy (non-hydrogen) atoms. The number of ether oxygens (including phenoxy) is 2. The Hall–Kier alpha value is -2.76. The van der Waals surface area contributed by atoms with Gasteiger partial charge in [0.2, 0.25) is 0 Å². The number of nitrogen functional groups attached to an aromatic ring is 1. The zero-order valence-corrected chi connectivity index (χ0v) is 11.4. The molecular weight excluding hydrogens is 275 g/mol. The largest absolute Gasteiger partial charge is 0.494 e. The topological polar surface area (TPSA) is 87.6 Å². The molecule has 0 bridgehead atoms. The van der Waals surface area contributed by atoms with E-state index in [9.17, 15) is 9.18 Å². The second kappa shape index (κ2) is 6.13. The van der Waals surface area contributed by atoms with Crippen molar-refractivity contribution in [3.8, 4) is 11.5 Å². The molecule has 2 aromatic carbocycles. The summed E-state index contributed by atoms with van der Waals surface area (Å²) in [5, 5.41) is 0. The van der Waals surface area contributed by atoms with Gasteiger partial charge in [-0.05, 0) is 18.2 Å². The van der Waals surface area contributed by atoms with E-state index in [1.807, 2.05) is 0 Å². The van der Waals surface area contributed by atoms with Gasteiger partial charge in [-0.25, -0.2) is 4.39 Å². The summed E-state index contributed by atoms with van der Waals surface area (Å²) in [4.78, 5) is 11.3. The predicted molar refractivity (Wildman–Crippen MR) is 76.7 cm³/mol. The number of carbonyl (C=O) groups excluding carboxylic acids is 1. The van der Waals surface area contributed by atoms with Gasteiger partial charge in [0.05, 0.1) is 18.4 Å². The average molecular weight is 290 g/mol. The van der Waals surface area contributed by atoms with Gasteiger partial charge < -0.3 is 20.9 Å². The van der Waals surface area contributed by atoms with Crippen LogP contribution in [0.3, 0.4) is 0 Å². The Bertz CT molecular complexity index is 674. The van der Waals surface area contributed by atoms with Crippen LogP contribution in [0.15, 0.2) is 36.4 Å². The quantitative estimate of drug-likeness (QED) is 0.825. The van der Waals surface area contributed by atoms with Crippen molar-refractivity contribution in [1.82, 2.24) is 0 Å². The Morgan fingerprint density at radius 3 is 2.62 bits per heavy atom. The molecule has 2 rings (SSSR count). The smallest absolute Gasteiger partial charge is 0.252 e. The van der Waals surface area contributed by atoms with E-state index in [0.29, 0.717) is 0 Å². The summed E-state index contributed by atoms with van der Waals surface area (Å²) in [5.74, 6) is -0.919. The summed E-state index contributed by atoms with van der Waals surface area (Å²) in [6.45, 7) is -0.0997. The third-order valence-electron chi connectivity index (χ3n) is 2.95. The van der Waals surface area contributed by atoms with Crippen molar-refractivity contribution in [1.29, 1.82) is 0 Å². The summed E-state index contributed by atoms with van der Waals surface area (Å²) in [7, 11) is 1.38. The average Bonchev–Trinajstić information content (AvgIpc) is 2.47. The molecule has 0 unspecified atom stereocenters. The summed E-state index contributed by atoms with van der Waals surface area (Å²) in [6, 6.07) is 9.36. The van der Waals surface area contributed by atoms with Gasteiger partial charge >= 0.3 is 0 Å². The van der Waals surface area contributed by atoms with Crippen LogP contribution in [-0.4, -0.2) is 13.0 Å². The van der Waals surface area contributed by atoms with Crippen LogP contribution in [-0.2, 0) is 6.61 Å². The number of halogens is 1. The van der Waals surface area contributed by atoms with Crippen LogP contribution in [0.5, 0.6) is 11.5 Å². The Labute approximate surface area is 121 Å². The number of carbonyl (C=O) groups is 1. The minimum Gasteiger partial charge on any atom is -0.494 e. The van der Waals surface area contributed by atoms with Crippen LogP contribution in [0.2, 0.25) is 0 Å². The van der Waals surface area contributed by atoms with Crippen LogP contribution < -0.4 is 20.9 Å². The molecule has 0 atom stereocenters. The number of amides is 1. The molecule has 0 aliphatic heterocycles. The molecule has 4 N–H and O–H groups in total. The zero-order valence-electron chi connectivity index (χ0n) is 11.4. The molecule has 5 nitrogen and oxygen atoms in total. The van der Waals surface area contributed by atoms with Crippen molar-refractivity contribution in [2.45, 2.75) is 6.61 Å². The standard InChI is InChI=1S/C15H15FN2O3/c1-20-12-7-2-4-9(13(12)16)8-21-14-10(15(18)19)5-3-6-11(14)17/h2-7H,8,17H2,1H3,(H2,18,19). The van der Waals surface area contributed by atoms with Crippen molar-refractivity contribution in [2.24, 2.45) is 5.73 Å². The highest BCUT2D eigenvalue weighted by Crippen LogP contribution is 2.28. The van der Waals surface area contributed by atoms with Crippen molar-refractivity contribution >= 4 is 11.6 Å². The molecule has 0 aliphatic rings. The maximum atomic E-state index is 14.0. The van der Waals surface area contributed by atoms with Gasteiger partial charge in [-0.3, -0.25) is 4.79 Å². The van der Waals surface area contributed by atoms with E-state index in [0.717, 1.165) is 0 Å². The Morgan fingerprint density at radius 1 is 1.24 bits per heavy atom. The number of primary amides is 1. The lowest BCUT2D eigenvalue weighted by molar-refractivity contribution is 0.0996. The van der Waals surface area contributed by atoms with E-state index in [1.54, 1.807) is 24.3 Å². The third kappa shape index (κ3) is 3.05.